The highest BCUT2D eigenvalue weighted by molar-refractivity contribution is 5.87. The van der Waals surface area contributed by atoms with Crippen LogP contribution in [0.4, 0.5) is 0 Å². The maximum Gasteiger partial charge on any atom is 0.240 e. The van der Waals surface area contributed by atoms with Gasteiger partial charge in [-0.05, 0) is 50.3 Å². The lowest BCUT2D eigenvalue weighted by molar-refractivity contribution is -0.133. The lowest BCUT2D eigenvalue weighted by atomic mass is 9.87. The zero-order chi connectivity index (χ0) is 16.0. The van der Waals surface area contributed by atoms with Crippen LogP contribution < -0.4 is 11.1 Å². The van der Waals surface area contributed by atoms with Crippen LogP contribution in [0, 0.1) is 0 Å². The van der Waals surface area contributed by atoms with Gasteiger partial charge in [0.25, 0.3) is 0 Å². The van der Waals surface area contributed by atoms with Crippen molar-refractivity contribution in [2.24, 2.45) is 5.73 Å². The van der Waals surface area contributed by atoms with E-state index in [2.05, 4.69) is 10.3 Å². The van der Waals surface area contributed by atoms with Crippen molar-refractivity contribution in [1.82, 2.24) is 15.2 Å². The second-order valence-electron chi connectivity index (χ2n) is 5.82. The molecule has 0 aliphatic carbocycles. The van der Waals surface area contributed by atoms with Crippen molar-refractivity contribution in [3.63, 3.8) is 0 Å². The minimum Gasteiger partial charge on any atom is -0.369 e. The number of likely N-dealkylation sites (N-methyl/N-ethyl adjacent to an activating group) is 1. The Labute approximate surface area is 131 Å². The first kappa shape index (κ1) is 16.4. The molecular weight excluding hydrogens is 280 g/mol. The maximum absolute atomic E-state index is 12.5. The van der Waals surface area contributed by atoms with Crippen molar-refractivity contribution < 1.29 is 9.59 Å². The van der Waals surface area contributed by atoms with Gasteiger partial charge in [-0.3, -0.25) is 19.5 Å². The van der Waals surface area contributed by atoms with Gasteiger partial charge in [0.1, 0.15) is 5.54 Å². The van der Waals surface area contributed by atoms with Crippen LogP contribution in [0.5, 0.6) is 0 Å². The first-order valence-electron chi connectivity index (χ1n) is 7.73. The Morgan fingerprint density at radius 2 is 2.32 bits per heavy atom. The van der Waals surface area contributed by atoms with Crippen molar-refractivity contribution in [1.29, 1.82) is 0 Å². The van der Waals surface area contributed by atoms with Crippen LogP contribution in [-0.4, -0.2) is 47.4 Å². The summed E-state index contributed by atoms with van der Waals surface area (Å²) < 4.78 is 0. The fraction of sp³-hybridized carbons (Fsp3) is 0.562. The molecule has 2 heterocycles. The molecule has 1 aromatic rings. The topological polar surface area (TPSA) is 88.3 Å². The van der Waals surface area contributed by atoms with E-state index in [1.807, 2.05) is 23.2 Å². The Morgan fingerprint density at radius 3 is 2.95 bits per heavy atom. The van der Waals surface area contributed by atoms with Crippen LogP contribution in [0.15, 0.2) is 24.5 Å². The lowest BCUT2D eigenvalue weighted by Crippen LogP contribution is -2.56. The number of nitrogens with one attached hydrogen (secondary N) is 1. The second kappa shape index (κ2) is 7.35. The standard InChI is InChI=1S/C16H24N4O2/c1-18-15(22)16(8-4-10-20(16)12-14(17)21)7-2-5-13-6-3-9-19-11-13/h3,6,9,11H,2,4-5,7-8,10,12H2,1H3,(H2,17,21)(H,18,22)/t16-/m0/s1. The normalized spacial score (nSPS) is 21.7. The molecule has 0 unspecified atom stereocenters. The van der Waals surface area contributed by atoms with E-state index in [9.17, 15) is 9.59 Å². The van der Waals surface area contributed by atoms with Gasteiger partial charge in [0.2, 0.25) is 11.8 Å². The fourth-order valence-corrected chi connectivity index (χ4v) is 3.37. The van der Waals surface area contributed by atoms with Gasteiger partial charge in [-0.1, -0.05) is 6.07 Å². The third-order valence-corrected chi connectivity index (χ3v) is 4.40. The summed E-state index contributed by atoms with van der Waals surface area (Å²) >= 11 is 0. The number of pyridine rings is 1. The van der Waals surface area contributed by atoms with Gasteiger partial charge >= 0.3 is 0 Å². The van der Waals surface area contributed by atoms with Crippen molar-refractivity contribution >= 4 is 11.8 Å². The summed E-state index contributed by atoms with van der Waals surface area (Å²) in [7, 11) is 1.64. The number of carbonyl (C=O) groups excluding carboxylic acids is 2. The Kier molecular flexibility index (Phi) is 5.49. The highest BCUT2D eigenvalue weighted by Gasteiger charge is 2.46. The number of carbonyl (C=O) groups is 2. The van der Waals surface area contributed by atoms with E-state index in [4.69, 9.17) is 5.73 Å². The first-order chi connectivity index (χ1) is 10.6. The predicted octanol–water partition coefficient (Wildman–Crippen LogP) is 0.470. The molecule has 1 aliphatic rings. The molecule has 1 saturated heterocycles. The molecule has 3 N–H and O–H groups in total. The van der Waals surface area contributed by atoms with Gasteiger partial charge in [-0.25, -0.2) is 0 Å². The summed E-state index contributed by atoms with van der Waals surface area (Å²) in [4.78, 5) is 29.8. The molecule has 1 fully saturated rings. The third-order valence-electron chi connectivity index (χ3n) is 4.40. The van der Waals surface area contributed by atoms with Gasteiger partial charge in [0, 0.05) is 19.4 Å². The maximum atomic E-state index is 12.5. The van der Waals surface area contributed by atoms with Crippen LogP contribution in [0.2, 0.25) is 0 Å². The predicted molar refractivity (Wildman–Crippen MR) is 84.0 cm³/mol. The van der Waals surface area contributed by atoms with Crippen LogP contribution in [0.3, 0.4) is 0 Å². The number of nitrogens with zero attached hydrogens (tertiary/aromatic N) is 2. The van der Waals surface area contributed by atoms with E-state index in [0.29, 0.717) is 0 Å². The van der Waals surface area contributed by atoms with Crippen LogP contribution in [-0.2, 0) is 16.0 Å². The van der Waals surface area contributed by atoms with Gasteiger partial charge in [0.05, 0.1) is 6.54 Å². The SMILES string of the molecule is CNC(=O)[C@]1(CCCc2cccnc2)CCCN1CC(N)=O. The molecule has 1 aromatic heterocycles. The lowest BCUT2D eigenvalue weighted by Gasteiger charge is -2.36. The van der Waals surface area contributed by atoms with E-state index in [1.165, 1.54) is 0 Å². The van der Waals surface area contributed by atoms with E-state index in [0.717, 1.165) is 44.2 Å². The number of aryl methyl sites for hydroxylation is 1. The molecule has 1 aliphatic heterocycles. The summed E-state index contributed by atoms with van der Waals surface area (Å²) in [5.74, 6) is -0.403. The molecule has 6 heteroatoms. The summed E-state index contributed by atoms with van der Waals surface area (Å²) in [6.07, 6.45) is 7.74. The summed E-state index contributed by atoms with van der Waals surface area (Å²) in [6.45, 7) is 0.879. The fourth-order valence-electron chi connectivity index (χ4n) is 3.37. The van der Waals surface area contributed by atoms with Crippen molar-refractivity contribution in [3.8, 4) is 0 Å². The Hall–Kier alpha value is -1.95. The molecule has 120 valence electrons. The number of hydrogen-bond donors (Lipinski definition) is 2. The molecule has 0 aromatic carbocycles. The molecule has 0 saturated carbocycles. The molecule has 0 spiro atoms. The average molecular weight is 304 g/mol. The second-order valence-corrected chi connectivity index (χ2v) is 5.82. The van der Waals surface area contributed by atoms with Gasteiger partial charge < -0.3 is 11.1 Å². The highest BCUT2D eigenvalue weighted by atomic mass is 16.2. The summed E-state index contributed by atoms with van der Waals surface area (Å²) in [5.41, 5.74) is 5.89. The number of primary amides is 1. The number of likely N-dealkylation sites (tertiary alicyclic amines) is 1. The van der Waals surface area contributed by atoms with Crippen molar-refractivity contribution in [2.75, 3.05) is 20.1 Å². The number of amides is 2. The first-order valence-corrected chi connectivity index (χ1v) is 7.73. The largest absolute Gasteiger partial charge is 0.369 e. The van der Waals surface area contributed by atoms with Crippen LogP contribution in [0.1, 0.15) is 31.2 Å². The third kappa shape index (κ3) is 3.62. The number of rotatable bonds is 7. The highest BCUT2D eigenvalue weighted by Crippen LogP contribution is 2.34. The summed E-state index contributed by atoms with van der Waals surface area (Å²) in [6, 6.07) is 3.95. The monoisotopic (exact) mass is 304 g/mol. The molecular formula is C16H24N4O2. The van der Waals surface area contributed by atoms with E-state index >= 15 is 0 Å². The zero-order valence-corrected chi connectivity index (χ0v) is 13.0. The Morgan fingerprint density at radius 1 is 1.50 bits per heavy atom. The smallest absolute Gasteiger partial charge is 0.240 e. The number of hydrogen-bond acceptors (Lipinski definition) is 4. The molecule has 0 bridgehead atoms. The number of aromatic nitrogens is 1. The molecule has 6 nitrogen and oxygen atoms in total. The molecule has 0 radical (unpaired) electrons. The molecule has 22 heavy (non-hydrogen) atoms. The van der Waals surface area contributed by atoms with Crippen LogP contribution in [0.25, 0.3) is 0 Å². The summed E-state index contributed by atoms with van der Waals surface area (Å²) in [5, 5.41) is 2.75. The molecule has 1 atom stereocenters. The Bertz CT molecular complexity index is 520. The van der Waals surface area contributed by atoms with E-state index in [1.54, 1.807) is 13.2 Å². The quantitative estimate of drug-likeness (QED) is 0.766. The minimum absolute atomic E-state index is 0.0163. The van der Waals surface area contributed by atoms with Gasteiger partial charge in [-0.15, -0.1) is 0 Å². The van der Waals surface area contributed by atoms with Crippen molar-refractivity contribution in [3.05, 3.63) is 30.1 Å². The zero-order valence-electron chi connectivity index (χ0n) is 13.0. The van der Waals surface area contributed by atoms with Crippen molar-refractivity contribution in [2.45, 2.75) is 37.6 Å². The minimum atomic E-state index is -0.605. The number of nitrogens with two attached hydrogens (primary N) is 1. The van der Waals surface area contributed by atoms with Gasteiger partial charge in [0.15, 0.2) is 0 Å². The van der Waals surface area contributed by atoms with Crippen LogP contribution >= 0.6 is 0 Å². The van der Waals surface area contributed by atoms with E-state index in [-0.39, 0.29) is 18.4 Å². The average Bonchev–Trinajstić information content (AvgIpc) is 2.90. The van der Waals surface area contributed by atoms with E-state index < -0.39 is 5.54 Å². The molecule has 2 rings (SSSR count). The van der Waals surface area contributed by atoms with Gasteiger partial charge in [-0.2, -0.15) is 0 Å². The Balaban J connectivity index is 2.05. The molecule has 2 amide bonds.